The molecule has 0 bridgehead atoms. The first kappa shape index (κ1) is 17.6. The van der Waals surface area contributed by atoms with Gasteiger partial charge in [-0.3, -0.25) is 9.59 Å². The number of hydrogen-bond donors (Lipinski definition) is 3. The van der Waals surface area contributed by atoms with E-state index in [1.165, 1.54) is 0 Å². The molecule has 1 rings (SSSR count). The quantitative estimate of drug-likeness (QED) is 0.626. The third kappa shape index (κ3) is 5.81. The number of nitrogens with one attached hydrogen (secondary N) is 1. The van der Waals surface area contributed by atoms with Gasteiger partial charge < -0.3 is 16.2 Å². The Morgan fingerprint density at radius 2 is 2.14 bits per heavy atom. The van der Waals surface area contributed by atoms with Crippen LogP contribution < -0.4 is 11.1 Å². The second-order valence-electron chi connectivity index (χ2n) is 5.27. The van der Waals surface area contributed by atoms with Crippen molar-refractivity contribution in [3.05, 3.63) is 28.5 Å². The normalized spacial score (nSPS) is 13.8. The fraction of sp³-hybridized carbons (Fsp3) is 0.500. The molecule has 1 heterocycles. The van der Waals surface area contributed by atoms with Gasteiger partial charge in [-0.05, 0) is 39.9 Å². The molecule has 1 aromatic heterocycles. The van der Waals surface area contributed by atoms with E-state index in [-0.39, 0.29) is 12.3 Å². The van der Waals surface area contributed by atoms with E-state index in [0.717, 1.165) is 5.56 Å². The molecule has 1 aromatic rings. The van der Waals surface area contributed by atoms with Crippen LogP contribution in [0.1, 0.15) is 25.8 Å². The van der Waals surface area contributed by atoms with Crippen LogP contribution in [0.25, 0.3) is 0 Å². The lowest BCUT2D eigenvalue weighted by Gasteiger charge is -2.19. The summed E-state index contributed by atoms with van der Waals surface area (Å²) < 4.78 is 0.591. The number of rotatable bonds is 7. The van der Waals surface area contributed by atoms with E-state index in [1.807, 2.05) is 13.8 Å². The van der Waals surface area contributed by atoms with Crippen molar-refractivity contribution < 1.29 is 14.7 Å². The summed E-state index contributed by atoms with van der Waals surface area (Å²) >= 11 is 3.28. The van der Waals surface area contributed by atoms with E-state index in [4.69, 9.17) is 5.73 Å². The Hall–Kier alpha value is -1.47. The van der Waals surface area contributed by atoms with Gasteiger partial charge in [0.2, 0.25) is 11.8 Å². The first-order chi connectivity index (χ1) is 9.81. The molecule has 0 aliphatic carbocycles. The maximum Gasteiger partial charge on any atom is 0.249 e. The molecule has 0 fully saturated rings. The summed E-state index contributed by atoms with van der Waals surface area (Å²) in [6.07, 6.45) is 1.000. The van der Waals surface area contributed by atoms with E-state index in [1.54, 1.807) is 18.3 Å². The molecule has 4 N–H and O–H groups in total. The topological polar surface area (TPSA) is 105 Å². The fourth-order valence-corrected chi connectivity index (χ4v) is 2.25. The Balaban J connectivity index is 2.73. The number of aliphatic hydroxyl groups is 1. The number of nitrogens with zero attached hydrogens (tertiary/aromatic N) is 1. The van der Waals surface area contributed by atoms with Crippen molar-refractivity contribution in [1.82, 2.24) is 10.3 Å². The zero-order valence-corrected chi connectivity index (χ0v) is 13.6. The van der Waals surface area contributed by atoms with E-state index < -0.39 is 24.0 Å². The molecule has 2 atom stereocenters. The molecule has 0 spiro atoms. The Kier molecular flexibility index (Phi) is 6.77. The molecule has 0 saturated carbocycles. The second-order valence-corrected chi connectivity index (χ2v) is 6.02. The summed E-state index contributed by atoms with van der Waals surface area (Å²) in [7, 11) is 0. The van der Waals surface area contributed by atoms with Gasteiger partial charge in [-0.1, -0.05) is 19.9 Å². The van der Waals surface area contributed by atoms with Gasteiger partial charge in [0.1, 0.15) is 16.7 Å². The molecule has 7 heteroatoms. The summed E-state index contributed by atoms with van der Waals surface area (Å²) in [6, 6.07) is 2.62. The number of aromatic nitrogens is 1. The highest BCUT2D eigenvalue weighted by Crippen LogP contribution is 2.15. The number of primary amides is 1. The third-order valence-electron chi connectivity index (χ3n) is 2.92. The maximum absolute atomic E-state index is 11.9. The highest BCUT2D eigenvalue weighted by Gasteiger charge is 2.24. The number of amides is 2. The van der Waals surface area contributed by atoms with E-state index >= 15 is 0 Å². The summed E-state index contributed by atoms with van der Waals surface area (Å²) in [5.41, 5.74) is 6.06. The molecule has 2 amide bonds. The first-order valence-corrected chi connectivity index (χ1v) is 7.47. The van der Waals surface area contributed by atoms with E-state index in [2.05, 4.69) is 26.2 Å². The molecule has 116 valence electrons. The molecule has 0 aliphatic rings. The molecular formula is C14H20BrN3O3. The second kappa shape index (κ2) is 8.09. The zero-order chi connectivity index (χ0) is 16.0. The van der Waals surface area contributed by atoms with Crippen LogP contribution >= 0.6 is 15.9 Å². The van der Waals surface area contributed by atoms with Gasteiger partial charge in [0, 0.05) is 12.6 Å². The molecule has 0 radical (unpaired) electrons. The van der Waals surface area contributed by atoms with Crippen LogP contribution in [0, 0.1) is 5.92 Å². The average molecular weight is 358 g/mol. The van der Waals surface area contributed by atoms with Crippen molar-refractivity contribution in [3.63, 3.8) is 0 Å². The molecular weight excluding hydrogens is 338 g/mol. The third-order valence-corrected chi connectivity index (χ3v) is 3.63. The van der Waals surface area contributed by atoms with Crippen molar-refractivity contribution >= 4 is 27.7 Å². The lowest BCUT2D eigenvalue weighted by Crippen LogP contribution is -2.49. The van der Waals surface area contributed by atoms with Gasteiger partial charge >= 0.3 is 0 Å². The molecule has 0 aliphatic heterocycles. The van der Waals surface area contributed by atoms with Crippen LogP contribution in [0.2, 0.25) is 0 Å². The standard InChI is InChI=1S/C14H20BrN3O3/c1-8(2)6-11(19)14(21)18-10(13(16)20)7-9-4-3-5-17-12(9)15/h3-5,8,10-11,19H,6-7H2,1-2H3,(H2,16,20)(H,18,21)/t10-,11-/m1/s1. The van der Waals surface area contributed by atoms with Gasteiger partial charge in [-0.25, -0.2) is 4.98 Å². The largest absolute Gasteiger partial charge is 0.383 e. The van der Waals surface area contributed by atoms with Crippen molar-refractivity contribution in [2.75, 3.05) is 0 Å². The maximum atomic E-state index is 11.9. The summed E-state index contributed by atoms with van der Waals surface area (Å²) in [4.78, 5) is 27.4. The molecule has 0 unspecified atom stereocenters. The Morgan fingerprint density at radius 3 is 2.67 bits per heavy atom. The fourth-order valence-electron chi connectivity index (χ4n) is 1.84. The predicted molar refractivity (Wildman–Crippen MR) is 82.2 cm³/mol. The van der Waals surface area contributed by atoms with Crippen LogP contribution in [0.5, 0.6) is 0 Å². The highest BCUT2D eigenvalue weighted by molar-refractivity contribution is 9.10. The van der Waals surface area contributed by atoms with Crippen molar-refractivity contribution in [2.24, 2.45) is 11.7 Å². The lowest BCUT2D eigenvalue weighted by atomic mass is 10.0. The first-order valence-electron chi connectivity index (χ1n) is 6.68. The predicted octanol–water partition coefficient (Wildman–Crippen LogP) is 0.764. The van der Waals surface area contributed by atoms with Gasteiger partial charge in [-0.15, -0.1) is 0 Å². The van der Waals surface area contributed by atoms with Crippen LogP contribution in [0.15, 0.2) is 22.9 Å². The number of halogens is 1. The minimum Gasteiger partial charge on any atom is -0.383 e. The van der Waals surface area contributed by atoms with Crippen LogP contribution in [0.3, 0.4) is 0 Å². The smallest absolute Gasteiger partial charge is 0.249 e. The lowest BCUT2D eigenvalue weighted by molar-refractivity contribution is -0.133. The minimum absolute atomic E-state index is 0.172. The van der Waals surface area contributed by atoms with Crippen LogP contribution in [0.4, 0.5) is 0 Å². The molecule has 0 saturated heterocycles. The van der Waals surface area contributed by atoms with Crippen molar-refractivity contribution in [1.29, 1.82) is 0 Å². The monoisotopic (exact) mass is 357 g/mol. The number of pyridine rings is 1. The van der Waals surface area contributed by atoms with Crippen LogP contribution in [-0.2, 0) is 16.0 Å². The Morgan fingerprint density at radius 1 is 1.48 bits per heavy atom. The number of hydrogen-bond acceptors (Lipinski definition) is 4. The summed E-state index contributed by atoms with van der Waals surface area (Å²) in [5, 5.41) is 12.2. The number of carbonyl (C=O) groups excluding carboxylic acids is 2. The molecule has 6 nitrogen and oxygen atoms in total. The summed E-state index contributed by atoms with van der Waals surface area (Å²) in [6.45, 7) is 3.80. The van der Waals surface area contributed by atoms with Gasteiger partial charge in [0.25, 0.3) is 0 Å². The van der Waals surface area contributed by atoms with Gasteiger partial charge in [0.05, 0.1) is 0 Å². The summed E-state index contributed by atoms with van der Waals surface area (Å²) in [5.74, 6) is -1.08. The highest BCUT2D eigenvalue weighted by atomic mass is 79.9. The molecule has 21 heavy (non-hydrogen) atoms. The number of carbonyl (C=O) groups is 2. The van der Waals surface area contributed by atoms with Gasteiger partial charge in [0.15, 0.2) is 0 Å². The Labute approximate surface area is 132 Å². The van der Waals surface area contributed by atoms with E-state index in [9.17, 15) is 14.7 Å². The SMILES string of the molecule is CC(C)C[C@@H](O)C(=O)N[C@H](Cc1cccnc1Br)C(N)=O. The number of aliphatic hydroxyl groups excluding tert-OH is 1. The van der Waals surface area contributed by atoms with E-state index in [0.29, 0.717) is 11.0 Å². The number of nitrogens with two attached hydrogens (primary N) is 1. The molecule has 0 aromatic carbocycles. The minimum atomic E-state index is -1.15. The average Bonchev–Trinajstić information content (AvgIpc) is 2.39. The zero-order valence-electron chi connectivity index (χ0n) is 12.0. The Bertz CT molecular complexity index is 508. The van der Waals surface area contributed by atoms with Crippen LogP contribution in [-0.4, -0.2) is 34.1 Å². The van der Waals surface area contributed by atoms with Gasteiger partial charge in [-0.2, -0.15) is 0 Å². The van der Waals surface area contributed by atoms with Crippen molar-refractivity contribution in [3.8, 4) is 0 Å². The van der Waals surface area contributed by atoms with Crippen molar-refractivity contribution in [2.45, 2.75) is 38.8 Å².